The second kappa shape index (κ2) is 5.70. The lowest BCUT2D eigenvalue weighted by atomic mass is 10.0. The average Bonchev–Trinajstić information content (AvgIpc) is 3.19. The summed E-state index contributed by atoms with van der Waals surface area (Å²) in [5, 5.41) is 0.330. The number of hydrogen-bond acceptors (Lipinski definition) is 4. The minimum Gasteiger partial charge on any atom is -0.329 e. The van der Waals surface area contributed by atoms with Crippen molar-refractivity contribution in [2.75, 3.05) is 0 Å². The molecule has 0 saturated heterocycles. The number of nitrogens with zero attached hydrogens (tertiary/aromatic N) is 2. The van der Waals surface area contributed by atoms with E-state index in [9.17, 15) is 9.59 Å². The van der Waals surface area contributed by atoms with Gasteiger partial charge in [-0.05, 0) is 25.2 Å². The van der Waals surface area contributed by atoms with E-state index in [1.165, 1.54) is 25.7 Å². The summed E-state index contributed by atoms with van der Waals surface area (Å²) in [6.07, 6.45) is 9.05. The number of rotatable bonds is 4. The zero-order chi connectivity index (χ0) is 16.0. The van der Waals surface area contributed by atoms with Gasteiger partial charge in [-0.1, -0.05) is 37.9 Å². The molecule has 122 valence electrons. The average molecular weight is 332 g/mol. The van der Waals surface area contributed by atoms with Crippen molar-refractivity contribution in [2.24, 2.45) is 5.92 Å². The Morgan fingerprint density at radius 1 is 1.13 bits per heavy atom. The van der Waals surface area contributed by atoms with Crippen LogP contribution in [0.5, 0.6) is 0 Å². The predicted molar refractivity (Wildman–Crippen MR) is 90.4 cm³/mol. The largest absolute Gasteiger partial charge is 0.330 e. The van der Waals surface area contributed by atoms with Gasteiger partial charge in [0.05, 0.1) is 0 Å². The van der Waals surface area contributed by atoms with E-state index in [0.717, 1.165) is 37.4 Å². The van der Waals surface area contributed by atoms with E-state index < -0.39 is 5.56 Å². The highest BCUT2D eigenvalue weighted by atomic mass is 32.1. The van der Waals surface area contributed by atoms with Crippen LogP contribution in [0, 0.1) is 10.6 Å². The van der Waals surface area contributed by atoms with Crippen LogP contribution in [0.25, 0.3) is 11.0 Å². The first-order valence-corrected chi connectivity index (χ1v) is 8.82. The third-order valence-electron chi connectivity index (χ3n) is 5.03. The molecule has 2 saturated carbocycles. The smallest absolute Gasteiger partial charge is 0.329 e. The van der Waals surface area contributed by atoms with Crippen LogP contribution in [0.2, 0.25) is 0 Å². The first-order chi connectivity index (χ1) is 11.1. The van der Waals surface area contributed by atoms with Gasteiger partial charge in [-0.3, -0.25) is 14.3 Å². The van der Waals surface area contributed by atoms with Crippen molar-refractivity contribution in [3.63, 3.8) is 0 Å². The zero-order valence-corrected chi connectivity index (χ0v) is 13.7. The van der Waals surface area contributed by atoms with Gasteiger partial charge in [-0.2, -0.15) is 0 Å². The second-order valence-electron chi connectivity index (χ2n) is 6.76. The van der Waals surface area contributed by atoms with E-state index >= 15 is 0 Å². The Balaban J connectivity index is 1.78. The maximum absolute atomic E-state index is 12.2. The standard InChI is InChI=1S/C16H20N4O2S/c21-14-12-13(20(10-6-7-10)16(22)19-14)17-11(18-15(12)23)8-5-9-3-1-2-4-9/h9-10H,1-8H2,(H,17,18,23)(H,19,21,22). The highest BCUT2D eigenvalue weighted by Gasteiger charge is 2.28. The van der Waals surface area contributed by atoms with Crippen LogP contribution in [0.15, 0.2) is 9.59 Å². The van der Waals surface area contributed by atoms with E-state index in [-0.39, 0.29) is 16.4 Å². The molecule has 7 heteroatoms. The molecule has 0 aromatic carbocycles. The van der Waals surface area contributed by atoms with Gasteiger partial charge < -0.3 is 4.98 Å². The van der Waals surface area contributed by atoms with E-state index in [4.69, 9.17) is 12.2 Å². The second-order valence-corrected chi connectivity index (χ2v) is 7.15. The minimum atomic E-state index is -0.446. The molecule has 2 fully saturated rings. The third-order valence-corrected chi connectivity index (χ3v) is 5.33. The van der Waals surface area contributed by atoms with Crippen LogP contribution in [-0.4, -0.2) is 19.5 Å². The summed E-state index contributed by atoms with van der Waals surface area (Å²) in [5.74, 6) is 1.55. The SMILES string of the molecule is O=c1[nH]c(=O)n(C2CC2)c2[nH]c(CCC3CCCC3)nc(=S)c12. The number of aromatic nitrogens is 4. The Kier molecular flexibility index (Phi) is 3.67. The van der Waals surface area contributed by atoms with Crippen molar-refractivity contribution in [2.45, 2.75) is 57.4 Å². The monoisotopic (exact) mass is 332 g/mol. The maximum Gasteiger partial charge on any atom is 0.330 e. The highest BCUT2D eigenvalue weighted by Crippen LogP contribution is 2.35. The van der Waals surface area contributed by atoms with E-state index in [1.54, 1.807) is 4.57 Å². The van der Waals surface area contributed by atoms with E-state index in [2.05, 4.69) is 15.0 Å². The van der Waals surface area contributed by atoms with Crippen molar-refractivity contribution in [3.8, 4) is 0 Å². The van der Waals surface area contributed by atoms with Crippen LogP contribution in [0.4, 0.5) is 0 Å². The lowest BCUT2D eigenvalue weighted by molar-refractivity contribution is 0.497. The van der Waals surface area contributed by atoms with Gasteiger partial charge in [-0.25, -0.2) is 9.78 Å². The highest BCUT2D eigenvalue weighted by molar-refractivity contribution is 7.71. The molecule has 0 amide bonds. The van der Waals surface area contributed by atoms with Crippen molar-refractivity contribution >= 4 is 23.3 Å². The Hall–Kier alpha value is -1.76. The molecule has 0 atom stereocenters. The zero-order valence-electron chi connectivity index (χ0n) is 12.9. The molecular formula is C16H20N4O2S. The fourth-order valence-electron chi connectivity index (χ4n) is 3.65. The quantitative estimate of drug-likeness (QED) is 0.843. The normalized spacial score (nSPS) is 18.8. The molecule has 23 heavy (non-hydrogen) atoms. The van der Waals surface area contributed by atoms with Crippen molar-refractivity contribution in [3.05, 3.63) is 31.3 Å². The van der Waals surface area contributed by atoms with Crippen LogP contribution in [0.3, 0.4) is 0 Å². The first kappa shape index (κ1) is 14.8. The summed E-state index contributed by atoms with van der Waals surface area (Å²) in [7, 11) is 0. The van der Waals surface area contributed by atoms with Crippen molar-refractivity contribution < 1.29 is 0 Å². The Morgan fingerprint density at radius 3 is 2.57 bits per heavy atom. The Morgan fingerprint density at radius 2 is 1.87 bits per heavy atom. The molecule has 2 aliphatic rings. The molecular weight excluding hydrogens is 312 g/mol. The van der Waals surface area contributed by atoms with Crippen LogP contribution < -0.4 is 11.2 Å². The molecule has 2 aromatic heterocycles. The van der Waals surface area contributed by atoms with E-state index in [0.29, 0.717) is 11.0 Å². The molecule has 6 nitrogen and oxygen atoms in total. The summed E-state index contributed by atoms with van der Waals surface area (Å²) >= 11 is 5.32. The molecule has 0 spiro atoms. The van der Waals surface area contributed by atoms with Crippen LogP contribution in [-0.2, 0) is 6.42 Å². The Bertz CT molecular complexity index is 916. The molecule has 0 aliphatic heterocycles. The predicted octanol–water partition coefficient (Wildman–Crippen LogP) is 2.60. The van der Waals surface area contributed by atoms with E-state index in [1.807, 2.05) is 0 Å². The molecule has 2 aromatic rings. The lowest BCUT2D eigenvalue weighted by Gasteiger charge is -2.11. The Labute approximate surface area is 138 Å². The van der Waals surface area contributed by atoms with Crippen LogP contribution in [0.1, 0.15) is 56.8 Å². The summed E-state index contributed by atoms with van der Waals surface area (Å²) in [6, 6.07) is 0.164. The number of hydrogen-bond donors (Lipinski definition) is 2. The summed E-state index contributed by atoms with van der Waals surface area (Å²) < 4.78 is 1.93. The summed E-state index contributed by atoms with van der Waals surface area (Å²) in [5.41, 5.74) is -0.260. The number of aryl methyl sites for hydroxylation is 1. The fourth-order valence-corrected chi connectivity index (χ4v) is 3.95. The van der Waals surface area contributed by atoms with Crippen molar-refractivity contribution in [1.82, 2.24) is 19.5 Å². The molecule has 2 heterocycles. The number of H-pyrrole nitrogens is 2. The van der Waals surface area contributed by atoms with Gasteiger partial charge in [0, 0.05) is 12.5 Å². The number of aromatic amines is 2. The van der Waals surface area contributed by atoms with Gasteiger partial charge in [-0.15, -0.1) is 0 Å². The molecule has 2 N–H and O–H groups in total. The lowest BCUT2D eigenvalue weighted by Crippen LogP contribution is -2.31. The molecule has 0 bridgehead atoms. The molecule has 2 aliphatic carbocycles. The van der Waals surface area contributed by atoms with Gasteiger partial charge in [0.25, 0.3) is 5.56 Å². The summed E-state index contributed by atoms with van der Waals surface area (Å²) in [4.78, 5) is 34.2. The van der Waals surface area contributed by atoms with Crippen LogP contribution >= 0.6 is 12.2 Å². The molecule has 0 radical (unpaired) electrons. The molecule has 4 rings (SSSR count). The maximum atomic E-state index is 12.2. The molecule has 0 unspecified atom stereocenters. The number of nitrogens with one attached hydrogen (secondary N) is 2. The third kappa shape index (κ3) is 2.78. The van der Waals surface area contributed by atoms with Crippen molar-refractivity contribution in [1.29, 1.82) is 0 Å². The topological polar surface area (TPSA) is 83.5 Å². The minimum absolute atomic E-state index is 0.164. The van der Waals surface area contributed by atoms with Gasteiger partial charge in [0.2, 0.25) is 0 Å². The van der Waals surface area contributed by atoms with Gasteiger partial charge >= 0.3 is 5.69 Å². The number of fused-ring (bicyclic) bond motifs is 1. The van der Waals surface area contributed by atoms with Gasteiger partial charge in [0.1, 0.15) is 21.5 Å². The summed E-state index contributed by atoms with van der Waals surface area (Å²) in [6.45, 7) is 0. The fraction of sp³-hybridized carbons (Fsp3) is 0.625. The first-order valence-electron chi connectivity index (χ1n) is 8.41. The van der Waals surface area contributed by atoms with Gasteiger partial charge in [0.15, 0.2) is 0 Å².